The van der Waals surface area contributed by atoms with Gasteiger partial charge in [0, 0.05) is 0 Å². The van der Waals surface area contributed by atoms with Crippen LogP contribution in [-0.2, 0) is 4.74 Å². The van der Waals surface area contributed by atoms with Crippen molar-refractivity contribution in [3.63, 3.8) is 0 Å². The van der Waals surface area contributed by atoms with E-state index in [2.05, 4.69) is 24.1 Å². The Morgan fingerprint density at radius 3 is 3.09 bits per heavy atom. The summed E-state index contributed by atoms with van der Waals surface area (Å²) in [7, 11) is 0. The maximum atomic E-state index is 5.18. The molecule has 0 aromatic carbocycles. The monoisotopic (exact) mass is 148 g/mol. The Morgan fingerprint density at radius 2 is 2.45 bits per heavy atom. The molecule has 0 saturated heterocycles. The number of hydrogen-bond donors (Lipinski definition) is 0. The molecule has 0 N–H and O–H groups in total. The molecular formula is C10H12O. The van der Waals surface area contributed by atoms with E-state index in [1.807, 2.05) is 0 Å². The molecule has 0 amide bonds. The Balaban J connectivity index is 2.17. The average Bonchev–Trinajstić information content (AvgIpc) is 2.07. The smallest absolute Gasteiger partial charge is 0.107 e. The fraction of sp³-hybridized carbons (Fsp3) is 0.400. The van der Waals surface area contributed by atoms with E-state index >= 15 is 0 Å². The van der Waals surface area contributed by atoms with Gasteiger partial charge in [0.2, 0.25) is 0 Å². The number of terminal acetylenes is 1. The van der Waals surface area contributed by atoms with E-state index in [1.165, 1.54) is 5.57 Å². The molecule has 0 saturated carbocycles. The summed E-state index contributed by atoms with van der Waals surface area (Å²) in [6.07, 6.45) is 13.6. The van der Waals surface area contributed by atoms with Crippen LogP contribution in [0.3, 0.4) is 0 Å². The Kier molecular flexibility index (Phi) is 3.51. The Morgan fingerprint density at radius 1 is 1.55 bits per heavy atom. The predicted octanol–water partition coefficient (Wildman–Crippen LogP) is 1.91. The highest BCUT2D eigenvalue weighted by atomic mass is 16.5. The van der Waals surface area contributed by atoms with E-state index in [1.54, 1.807) is 0 Å². The molecule has 0 bridgehead atoms. The first kappa shape index (κ1) is 8.10. The minimum absolute atomic E-state index is 0.418. The normalized spacial score (nSPS) is 15.7. The molecule has 1 aliphatic rings. The maximum absolute atomic E-state index is 5.18. The van der Waals surface area contributed by atoms with Crippen LogP contribution < -0.4 is 0 Å². The fourth-order valence-corrected chi connectivity index (χ4v) is 1.01. The Hall–Kier alpha value is -1.00. The maximum Gasteiger partial charge on any atom is 0.107 e. The molecule has 58 valence electrons. The summed E-state index contributed by atoms with van der Waals surface area (Å²) in [6, 6.07) is 0. The van der Waals surface area contributed by atoms with Crippen molar-refractivity contribution in [2.24, 2.45) is 0 Å². The van der Waals surface area contributed by atoms with Crippen LogP contribution in [0.25, 0.3) is 0 Å². The van der Waals surface area contributed by atoms with Crippen LogP contribution in [0.5, 0.6) is 0 Å². The van der Waals surface area contributed by atoms with E-state index in [0.717, 1.165) is 12.8 Å². The molecule has 1 nitrogen and oxygen atoms in total. The van der Waals surface area contributed by atoms with Crippen LogP contribution in [0.2, 0.25) is 0 Å². The zero-order valence-electron chi connectivity index (χ0n) is 6.55. The van der Waals surface area contributed by atoms with E-state index in [0.29, 0.717) is 13.2 Å². The summed E-state index contributed by atoms with van der Waals surface area (Å²) in [4.78, 5) is 0. The highest BCUT2D eigenvalue weighted by Crippen LogP contribution is 2.10. The lowest BCUT2D eigenvalue weighted by Crippen LogP contribution is -1.99. The highest BCUT2D eigenvalue weighted by molar-refractivity contribution is 5.14. The standard InChI is InChI=1S/C10H12O/c1-2-8-11-9-10-6-4-3-5-7-10/h1,3-4,7H,5-6,8-9H2. The van der Waals surface area contributed by atoms with Gasteiger partial charge in [-0.15, -0.1) is 6.42 Å². The van der Waals surface area contributed by atoms with Gasteiger partial charge in [-0.1, -0.05) is 24.1 Å². The van der Waals surface area contributed by atoms with Crippen LogP contribution in [-0.4, -0.2) is 13.2 Å². The fourth-order valence-electron chi connectivity index (χ4n) is 1.01. The van der Waals surface area contributed by atoms with Crippen molar-refractivity contribution < 1.29 is 4.74 Å². The van der Waals surface area contributed by atoms with E-state index < -0.39 is 0 Å². The molecule has 11 heavy (non-hydrogen) atoms. The molecule has 0 radical (unpaired) electrons. The van der Waals surface area contributed by atoms with Crippen molar-refractivity contribution in [1.82, 2.24) is 0 Å². The lowest BCUT2D eigenvalue weighted by atomic mass is 10.1. The second-order valence-electron chi connectivity index (χ2n) is 2.47. The van der Waals surface area contributed by atoms with Gasteiger partial charge in [-0.3, -0.25) is 0 Å². The Labute approximate surface area is 67.8 Å². The number of allylic oxidation sites excluding steroid dienone is 3. The molecular weight excluding hydrogens is 136 g/mol. The molecule has 1 aliphatic carbocycles. The van der Waals surface area contributed by atoms with Crippen molar-refractivity contribution >= 4 is 0 Å². The topological polar surface area (TPSA) is 9.23 Å². The van der Waals surface area contributed by atoms with Crippen molar-refractivity contribution in [3.8, 4) is 12.3 Å². The van der Waals surface area contributed by atoms with Crippen LogP contribution in [0.4, 0.5) is 0 Å². The van der Waals surface area contributed by atoms with Crippen LogP contribution in [0.1, 0.15) is 12.8 Å². The molecule has 1 rings (SSSR count). The van der Waals surface area contributed by atoms with Gasteiger partial charge in [-0.05, 0) is 18.4 Å². The van der Waals surface area contributed by atoms with Gasteiger partial charge < -0.3 is 4.74 Å². The lowest BCUT2D eigenvalue weighted by molar-refractivity contribution is 0.190. The predicted molar refractivity (Wildman–Crippen MR) is 46.1 cm³/mol. The largest absolute Gasteiger partial charge is 0.364 e. The first-order chi connectivity index (χ1) is 5.43. The first-order valence-electron chi connectivity index (χ1n) is 3.77. The first-order valence-corrected chi connectivity index (χ1v) is 3.77. The molecule has 0 aromatic rings. The van der Waals surface area contributed by atoms with Crippen LogP contribution in [0, 0.1) is 12.3 Å². The minimum Gasteiger partial charge on any atom is -0.364 e. The van der Waals surface area contributed by atoms with Gasteiger partial charge in [0.05, 0.1) is 6.61 Å². The van der Waals surface area contributed by atoms with Gasteiger partial charge in [-0.2, -0.15) is 0 Å². The second-order valence-corrected chi connectivity index (χ2v) is 2.47. The molecule has 0 spiro atoms. The third-order valence-corrected chi connectivity index (χ3v) is 1.56. The van der Waals surface area contributed by atoms with Gasteiger partial charge in [0.1, 0.15) is 6.61 Å². The van der Waals surface area contributed by atoms with Crippen molar-refractivity contribution in [2.45, 2.75) is 12.8 Å². The molecule has 0 aromatic heterocycles. The van der Waals surface area contributed by atoms with E-state index in [4.69, 9.17) is 11.2 Å². The molecule has 0 heterocycles. The van der Waals surface area contributed by atoms with Gasteiger partial charge in [0.15, 0.2) is 0 Å². The average molecular weight is 148 g/mol. The highest BCUT2D eigenvalue weighted by Gasteiger charge is 1.97. The number of hydrogen-bond acceptors (Lipinski definition) is 1. The number of rotatable bonds is 3. The molecule has 0 unspecified atom stereocenters. The molecule has 0 atom stereocenters. The van der Waals surface area contributed by atoms with Gasteiger partial charge in [-0.25, -0.2) is 0 Å². The van der Waals surface area contributed by atoms with Gasteiger partial charge >= 0.3 is 0 Å². The molecule has 1 heteroatoms. The van der Waals surface area contributed by atoms with Crippen molar-refractivity contribution in [1.29, 1.82) is 0 Å². The van der Waals surface area contributed by atoms with Crippen molar-refractivity contribution in [2.75, 3.05) is 13.2 Å². The molecule has 0 fully saturated rings. The summed E-state index contributed by atoms with van der Waals surface area (Å²) >= 11 is 0. The van der Waals surface area contributed by atoms with E-state index in [-0.39, 0.29) is 0 Å². The SMILES string of the molecule is C#CCOCC1=CCC=CC1. The van der Waals surface area contributed by atoms with Gasteiger partial charge in [0.25, 0.3) is 0 Å². The summed E-state index contributed by atoms with van der Waals surface area (Å²) in [5.41, 5.74) is 1.34. The summed E-state index contributed by atoms with van der Waals surface area (Å²) in [5, 5.41) is 0. The second kappa shape index (κ2) is 4.76. The van der Waals surface area contributed by atoms with Crippen molar-refractivity contribution in [3.05, 3.63) is 23.8 Å². The number of ether oxygens (including phenoxy) is 1. The zero-order chi connectivity index (χ0) is 7.94. The third-order valence-electron chi connectivity index (χ3n) is 1.56. The quantitative estimate of drug-likeness (QED) is 0.337. The van der Waals surface area contributed by atoms with E-state index in [9.17, 15) is 0 Å². The minimum atomic E-state index is 0.418. The molecule has 0 aliphatic heterocycles. The summed E-state index contributed by atoms with van der Waals surface area (Å²) < 4.78 is 5.18. The summed E-state index contributed by atoms with van der Waals surface area (Å²) in [6.45, 7) is 1.11. The Bertz CT molecular complexity index is 205. The summed E-state index contributed by atoms with van der Waals surface area (Å²) in [5.74, 6) is 2.44. The third kappa shape index (κ3) is 3.06. The van der Waals surface area contributed by atoms with Crippen LogP contribution in [0.15, 0.2) is 23.8 Å². The lowest BCUT2D eigenvalue weighted by Gasteiger charge is -2.06. The van der Waals surface area contributed by atoms with Crippen LogP contribution >= 0.6 is 0 Å². The zero-order valence-corrected chi connectivity index (χ0v) is 6.55.